The minimum Gasteiger partial charge on any atom is -0.0616 e. The molecule has 0 saturated heterocycles. The number of rotatable bonds is 0. The molecule has 0 atom stereocenters. The van der Waals surface area contributed by atoms with Gasteiger partial charge >= 0.3 is 0 Å². The van der Waals surface area contributed by atoms with Gasteiger partial charge in [-0.25, -0.2) is 0 Å². The molecule has 176 valence electrons. The summed E-state index contributed by atoms with van der Waals surface area (Å²) in [4.78, 5) is 0. The van der Waals surface area contributed by atoms with Crippen LogP contribution in [0.5, 0.6) is 0 Å². The molecule has 0 aliphatic heterocycles. The minimum atomic E-state index is 1.31. The summed E-state index contributed by atoms with van der Waals surface area (Å²) in [6.07, 6.45) is 0. The van der Waals surface area contributed by atoms with E-state index < -0.39 is 0 Å². The highest BCUT2D eigenvalue weighted by molar-refractivity contribution is 6.23. The summed E-state index contributed by atoms with van der Waals surface area (Å²) in [7, 11) is 0. The lowest BCUT2D eigenvalue weighted by atomic mass is 9.97. The van der Waals surface area contributed by atoms with Crippen molar-refractivity contribution < 1.29 is 0 Å². The normalized spacial score (nSPS) is 11.7. The second kappa shape index (κ2) is 8.30. The van der Waals surface area contributed by atoms with Crippen LogP contribution in [-0.4, -0.2) is 0 Å². The van der Waals surface area contributed by atoms with Crippen LogP contribution in [0.15, 0.2) is 146 Å². The third kappa shape index (κ3) is 3.11. The van der Waals surface area contributed by atoms with Crippen LogP contribution in [0.1, 0.15) is 0 Å². The van der Waals surface area contributed by atoms with Crippen molar-refractivity contribution in [2.75, 3.05) is 0 Å². The summed E-state index contributed by atoms with van der Waals surface area (Å²) in [6, 6.07) is 52.4. The maximum atomic E-state index is 2.34. The first-order chi connectivity index (χ1) is 18.9. The Morgan fingerprint density at radius 1 is 0.237 bits per heavy atom. The molecule has 1 aliphatic carbocycles. The van der Waals surface area contributed by atoms with E-state index in [2.05, 4.69) is 146 Å². The molecule has 1 aliphatic rings. The molecule has 0 fully saturated rings. The van der Waals surface area contributed by atoms with Gasteiger partial charge < -0.3 is 0 Å². The van der Waals surface area contributed by atoms with Crippen LogP contribution in [0, 0.1) is 0 Å². The van der Waals surface area contributed by atoms with E-state index in [9.17, 15) is 0 Å². The molecule has 0 heterocycles. The molecule has 0 spiro atoms. The van der Waals surface area contributed by atoms with Gasteiger partial charge in [-0.2, -0.15) is 0 Å². The van der Waals surface area contributed by atoms with Gasteiger partial charge in [0.05, 0.1) is 0 Å². The van der Waals surface area contributed by atoms with Gasteiger partial charge in [-0.05, 0) is 82.2 Å². The predicted octanol–water partition coefficient (Wildman–Crippen LogP) is 10.8. The summed E-state index contributed by atoms with van der Waals surface area (Å²) in [6.45, 7) is 0. The molecule has 0 radical (unpaired) electrons. The van der Waals surface area contributed by atoms with Gasteiger partial charge in [-0.1, -0.05) is 140 Å². The fourth-order valence-electron chi connectivity index (χ4n) is 6.32. The molecule has 8 aromatic carbocycles. The monoisotopic (exact) mass is 480 g/mol. The summed E-state index contributed by atoms with van der Waals surface area (Å²) in [5.41, 5.74) is 5.48. The lowest BCUT2D eigenvalue weighted by Gasteiger charge is -2.07. The topological polar surface area (TPSA) is 0 Å². The van der Waals surface area contributed by atoms with E-state index in [0.29, 0.717) is 0 Å². The highest BCUT2D eigenvalue weighted by atomic mass is 14.2. The molecule has 0 N–H and O–H groups in total. The number of hydrogen-bond acceptors (Lipinski definition) is 0. The first-order valence-electron chi connectivity index (χ1n) is 13.2. The van der Waals surface area contributed by atoms with Crippen molar-refractivity contribution in [3.05, 3.63) is 146 Å². The van der Waals surface area contributed by atoms with E-state index in [4.69, 9.17) is 0 Å². The summed E-state index contributed by atoms with van der Waals surface area (Å²) in [5.74, 6) is 0. The lowest BCUT2D eigenvalue weighted by molar-refractivity contribution is 1.70. The van der Waals surface area contributed by atoms with Crippen molar-refractivity contribution >= 4 is 53.9 Å². The predicted molar refractivity (Wildman–Crippen MR) is 165 cm³/mol. The van der Waals surface area contributed by atoms with Crippen LogP contribution >= 0.6 is 0 Å². The fraction of sp³-hybridized carbons (Fsp3) is 0. The smallest absolute Gasteiger partial charge is 0.00199 e. The van der Waals surface area contributed by atoms with E-state index in [0.717, 1.165) is 0 Å². The highest BCUT2D eigenvalue weighted by Gasteiger charge is 2.21. The average Bonchev–Trinajstić information content (AvgIpc) is 3.32. The van der Waals surface area contributed by atoms with Crippen LogP contribution in [-0.2, 0) is 0 Å². The third-order valence-corrected chi connectivity index (χ3v) is 8.04. The highest BCUT2D eigenvalue weighted by Crippen LogP contribution is 2.48. The molecule has 0 amide bonds. The molecule has 0 nitrogen and oxygen atoms in total. The van der Waals surface area contributed by atoms with E-state index in [-0.39, 0.29) is 0 Å². The first-order valence-corrected chi connectivity index (χ1v) is 13.2. The Bertz CT molecular complexity index is 2110. The van der Waals surface area contributed by atoms with Crippen molar-refractivity contribution in [3.63, 3.8) is 0 Å². The van der Waals surface area contributed by atoms with Gasteiger partial charge in [0.25, 0.3) is 0 Å². The second-order valence-corrected chi connectivity index (χ2v) is 10.1. The minimum absolute atomic E-state index is 1.31. The molecule has 0 unspecified atom stereocenters. The maximum Gasteiger partial charge on any atom is -0.00199 e. The number of hydrogen-bond donors (Lipinski definition) is 0. The van der Waals surface area contributed by atoms with Gasteiger partial charge in [0.1, 0.15) is 0 Å². The zero-order valence-corrected chi connectivity index (χ0v) is 20.9. The molecule has 9 rings (SSSR count). The Kier molecular flexibility index (Phi) is 4.62. The molecule has 0 saturated carbocycles. The van der Waals surface area contributed by atoms with E-state index in [1.165, 1.54) is 76.1 Å². The molecular formula is C38H24. The number of fused-ring (bicyclic) bond motifs is 10. The Balaban J connectivity index is 0.000000119. The van der Waals surface area contributed by atoms with Crippen LogP contribution < -0.4 is 0 Å². The molecular weight excluding hydrogens is 456 g/mol. The molecule has 0 aromatic heterocycles. The third-order valence-electron chi connectivity index (χ3n) is 8.04. The summed E-state index contributed by atoms with van der Waals surface area (Å²) < 4.78 is 0. The number of benzene rings is 8. The zero-order valence-electron chi connectivity index (χ0n) is 20.9. The average molecular weight is 481 g/mol. The Labute approximate surface area is 221 Å². The first kappa shape index (κ1) is 21.2. The second-order valence-electron chi connectivity index (χ2n) is 10.1. The summed E-state index contributed by atoms with van der Waals surface area (Å²) in [5, 5.41) is 13.4. The maximum absolute atomic E-state index is 2.34. The van der Waals surface area contributed by atoms with Gasteiger partial charge in [-0.15, -0.1) is 0 Å². The molecule has 38 heavy (non-hydrogen) atoms. The van der Waals surface area contributed by atoms with Crippen molar-refractivity contribution in [1.82, 2.24) is 0 Å². The van der Waals surface area contributed by atoms with Crippen LogP contribution in [0.3, 0.4) is 0 Å². The standard InChI is InChI=1S/C20H12.C18H12/c1-2-7-14-13(6-1)12-19-16-9-4-3-8-15(16)18-11-5-10-17(14)20(18)19;1-3-7-15-13(5-1)9-11-18-16-8-4-2-6-14(16)10-12-17(15)18/h1-12H;1-12H. The van der Waals surface area contributed by atoms with Crippen LogP contribution in [0.4, 0.5) is 0 Å². The Morgan fingerprint density at radius 2 is 0.684 bits per heavy atom. The van der Waals surface area contributed by atoms with Gasteiger partial charge in [0, 0.05) is 0 Å². The molecule has 8 aromatic rings. The van der Waals surface area contributed by atoms with E-state index in [1.807, 2.05) is 0 Å². The van der Waals surface area contributed by atoms with Crippen LogP contribution in [0.2, 0.25) is 0 Å². The lowest BCUT2D eigenvalue weighted by Crippen LogP contribution is -1.79. The Morgan fingerprint density at radius 3 is 1.32 bits per heavy atom. The van der Waals surface area contributed by atoms with Crippen molar-refractivity contribution in [3.8, 4) is 22.3 Å². The SMILES string of the molecule is c1ccc2c(c1)-c1cccc3c1c-2cc1ccccc13.c1ccc2c(c1)ccc1c3ccccc3ccc21. The van der Waals surface area contributed by atoms with Gasteiger partial charge in [0.2, 0.25) is 0 Å². The molecule has 0 heteroatoms. The van der Waals surface area contributed by atoms with Gasteiger partial charge in [-0.3, -0.25) is 0 Å². The van der Waals surface area contributed by atoms with Crippen molar-refractivity contribution in [1.29, 1.82) is 0 Å². The van der Waals surface area contributed by atoms with Crippen molar-refractivity contribution in [2.24, 2.45) is 0 Å². The zero-order chi connectivity index (χ0) is 25.1. The van der Waals surface area contributed by atoms with Gasteiger partial charge in [0.15, 0.2) is 0 Å². The fourth-order valence-corrected chi connectivity index (χ4v) is 6.32. The van der Waals surface area contributed by atoms with Crippen molar-refractivity contribution in [2.45, 2.75) is 0 Å². The van der Waals surface area contributed by atoms with E-state index in [1.54, 1.807) is 0 Å². The molecule has 0 bridgehead atoms. The Hall–Kier alpha value is -4.94. The largest absolute Gasteiger partial charge is 0.0616 e. The quantitative estimate of drug-likeness (QED) is 0.189. The summed E-state index contributed by atoms with van der Waals surface area (Å²) >= 11 is 0. The van der Waals surface area contributed by atoms with Crippen LogP contribution in [0.25, 0.3) is 76.1 Å². The van der Waals surface area contributed by atoms with E-state index >= 15 is 0 Å².